The van der Waals surface area contributed by atoms with Crippen LogP contribution in [0.3, 0.4) is 0 Å². The first-order valence-corrected chi connectivity index (χ1v) is 4.65. The lowest BCUT2D eigenvalue weighted by Gasteiger charge is -2.28. The van der Waals surface area contributed by atoms with E-state index in [0.29, 0.717) is 12.5 Å². The molecule has 1 heterocycles. The van der Waals surface area contributed by atoms with Crippen molar-refractivity contribution in [2.24, 2.45) is 11.7 Å². The summed E-state index contributed by atoms with van der Waals surface area (Å²) in [4.78, 5) is 0. The van der Waals surface area contributed by atoms with Gasteiger partial charge in [-0.1, -0.05) is 6.92 Å². The van der Waals surface area contributed by atoms with Crippen molar-refractivity contribution < 1.29 is 9.84 Å². The van der Waals surface area contributed by atoms with Crippen molar-refractivity contribution in [3.8, 4) is 0 Å². The Bertz CT molecular complexity index is 140. The summed E-state index contributed by atoms with van der Waals surface area (Å²) in [5, 5.41) is 9.47. The van der Waals surface area contributed by atoms with Crippen molar-refractivity contribution in [3.05, 3.63) is 0 Å². The molecule has 1 rings (SSSR count). The van der Waals surface area contributed by atoms with Crippen molar-refractivity contribution >= 4 is 0 Å². The number of ether oxygens (including phenoxy) is 1. The fraction of sp³-hybridized carbons (Fsp3) is 1.00. The monoisotopic (exact) mass is 173 g/mol. The van der Waals surface area contributed by atoms with Gasteiger partial charge >= 0.3 is 0 Å². The van der Waals surface area contributed by atoms with Crippen molar-refractivity contribution in [1.29, 1.82) is 0 Å². The van der Waals surface area contributed by atoms with Crippen LogP contribution in [-0.2, 0) is 4.74 Å². The minimum absolute atomic E-state index is 0.118. The molecule has 1 saturated heterocycles. The predicted molar refractivity (Wildman–Crippen MR) is 47.8 cm³/mol. The van der Waals surface area contributed by atoms with Gasteiger partial charge in [-0.3, -0.25) is 0 Å². The lowest BCUT2D eigenvalue weighted by Crippen LogP contribution is -2.42. The van der Waals surface area contributed by atoms with E-state index in [2.05, 4.69) is 6.92 Å². The van der Waals surface area contributed by atoms with Gasteiger partial charge in [-0.05, 0) is 25.7 Å². The van der Waals surface area contributed by atoms with Crippen LogP contribution in [0.2, 0.25) is 0 Å². The first-order chi connectivity index (χ1) is 5.59. The van der Waals surface area contributed by atoms with E-state index in [1.54, 1.807) is 0 Å². The molecule has 0 amide bonds. The molecule has 0 spiro atoms. The lowest BCUT2D eigenvalue weighted by molar-refractivity contribution is -0.0359. The van der Waals surface area contributed by atoms with E-state index in [1.807, 2.05) is 6.92 Å². The SMILES string of the molecule is C[C@H]1C[C@@H](N)[C@@H](O)CO[C@@H](C)C1. The van der Waals surface area contributed by atoms with Crippen LogP contribution in [0.1, 0.15) is 26.7 Å². The summed E-state index contributed by atoms with van der Waals surface area (Å²) in [6.07, 6.45) is 1.70. The van der Waals surface area contributed by atoms with Crippen LogP contribution in [0.15, 0.2) is 0 Å². The molecule has 0 saturated carbocycles. The van der Waals surface area contributed by atoms with Crippen molar-refractivity contribution in [1.82, 2.24) is 0 Å². The quantitative estimate of drug-likeness (QED) is 0.561. The van der Waals surface area contributed by atoms with Gasteiger partial charge in [-0.25, -0.2) is 0 Å². The van der Waals surface area contributed by atoms with E-state index in [-0.39, 0.29) is 12.1 Å². The maximum atomic E-state index is 9.47. The van der Waals surface area contributed by atoms with Crippen molar-refractivity contribution in [2.45, 2.75) is 44.9 Å². The Morgan fingerprint density at radius 3 is 2.67 bits per heavy atom. The van der Waals surface area contributed by atoms with E-state index >= 15 is 0 Å². The fourth-order valence-electron chi connectivity index (χ4n) is 1.74. The summed E-state index contributed by atoms with van der Waals surface area (Å²) < 4.78 is 5.41. The van der Waals surface area contributed by atoms with Gasteiger partial charge in [0, 0.05) is 6.04 Å². The zero-order valence-corrected chi connectivity index (χ0v) is 7.86. The number of hydrogen-bond donors (Lipinski definition) is 2. The van der Waals surface area contributed by atoms with Gasteiger partial charge in [0.1, 0.15) is 0 Å². The highest BCUT2D eigenvalue weighted by Gasteiger charge is 2.23. The van der Waals surface area contributed by atoms with Gasteiger partial charge in [0.25, 0.3) is 0 Å². The number of aliphatic hydroxyl groups excluding tert-OH is 1. The minimum Gasteiger partial charge on any atom is -0.389 e. The molecule has 0 aliphatic carbocycles. The Kier molecular flexibility index (Phi) is 3.50. The van der Waals surface area contributed by atoms with Crippen LogP contribution in [0, 0.1) is 5.92 Å². The fourth-order valence-corrected chi connectivity index (χ4v) is 1.74. The van der Waals surface area contributed by atoms with E-state index in [4.69, 9.17) is 10.5 Å². The second-order valence-corrected chi connectivity index (χ2v) is 3.95. The van der Waals surface area contributed by atoms with Gasteiger partial charge < -0.3 is 15.6 Å². The molecular weight excluding hydrogens is 154 g/mol. The smallest absolute Gasteiger partial charge is 0.0924 e. The topological polar surface area (TPSA) is 55.5 Å². The van der Waals surface area contributed by atoms with Crippen LogP contribution >= 0.6 is 0 Å². The summed E-state index contributed by atoms with van der Waals surface area (Å²) in [5.41, 5.74) is 5.75. The molecule has 0 aromatic rings. The zero-order chi connectivity index (χ0) is 9.14. The van der Waals surface area contributed by atoms with Crippen LogP contribution in [0.4, 0.5) is 0 Å². The summed E-state index contributed by atoms with van der Waals surface area (Å²) in [6.45, 7) is 4.58. The average Bonchev–Trinajstić information content (AvgIpc) is 1.98. The van der Waals surface area contributed by atoms with Gasteiger partial charge in [0.05, 0.1) is 18.8 Å². The third kappa shape index (κ3) is 2.73. The Hall–Kier alpha value is -0.120. The predicted octanol–water partition coefficient (Wildman–Crippen LogP) is 0.510. The molecule has 12 heavy (non-hydrogen) atoms. The third-order valence-electron chi connectivity index (χ3n) is 2.45. The molecule has 0 aromatic carbocycles. The molecule has 1 aliphatic heterocycles. The van der Waals surface area contributed by atoms with Crippen molar-refractivity contribution in [2.75, 3.05) is 6.61 Å². The average molecular weight is 173 g/mol. The third-order valence-corrected chi connectivity index (χ3v) is 2.45. The summed E-state index contributed by atoms with van der Waals surface area (Å²) >= 11 is 0. The molecular formula is C9H19NO2. The molecule has 0 radical (unpaired) electrons. The number of hydrogen-bond acceptors (Lipinski definition) is 3. The Morgan fingerprint density at radius 2 is 2.00 bits per heavy atom. The molecule has 1 aliphatic rings. The van der Waals surface area contributed by atoms with Gasteiger partial charge in [-0.15, -0.1) is 0 Å². The highest BCUT2D eigenvalue weighted by molar-refractivity contribution is 4.77. The van der Waals surface area contributed by atoms with Gasteiger partial charge in [-0.2, -0.15) is 0 Å². The van der Waals surface area contributed by atoms with E-state index in [9.17, 15) is 5.11 Å². The Morgan fingerprint density at radius 1 is 1.33 bits per heavy atom. The number of rotatable bonds is 0. The second kappa shape index (κ2) is 4.21. The molecule has 0 unspecified atom stereocenters. The van der Waals surface area contributed by atoms with E-state index < -0.39 is 6.10 Å². The summed E-state index contributed by atoms with van der Waals surface area (Å²) in [7, 11) is 0. The highest BCUT2D eigenvalue weighted by atomic mass is 16.5. The van der Waals surface area contributed by atoms with E-state index in [0.717, 1.165) is 12.8 Å². The van der Waals surface area contributed by atoms with Gasteiger partial charge in [0.2, 0.25) is 0 Å². The molecule has 3 N–H and O–H groups in total. The molecule has 0 aromatic heterocycles. The Labute approximate surface area is 73.9 Å². The molecule has 72 valence electrons. The van der Waals surface area contributed by atoms with Crippen LogP contribution in [0.5, 0.6) is 0 Å². The van der Waals surface area contributed by atoms with Crippen LogP contribution < -0.4 is 5.73 Å². The maximum Gasteiger partial charge on any atom is 0.0924 e. The van der Waals surface area contributed by atoms with Crippen molar-refractivity contribution in [3.63, 3.8) is 0 Å². The molecule has 0 bridgehead atoms. The standard InChI is InChI=1S/C9H19NO2/c1-6-3-7(2)12-5-9(11)8(10)4-6/h6-9,11H,3-5,10H2,1-2H3/t6-,7+,8-,9+/m1/s1. The van der Waals surface area contributed by atoms with Gasteiger partial charge in [0.15, 0.2) is 0 Å². The Balaban J connectivity index is 2.46. The zero-order valence-electron chi connectivity index (χ0n) is 7.86. The van der Waals surface area contributed by atoms with E-state index in [1.165, 1.54) is 0 Å². The molecule has 1 fully saturated rings. The first-order valence-electron chi connectivity index (χ1n) is 4.65. The molecule has 3 heteroatoms. The molecule has 4 atom stereocenters. The summed E-state index contributed by atoms with van der Waals surface area (Å²) in [5.74, 6) is 0.546. The highest BCUT2D eigenvalue weighted by Crippen LogP contribution is 2.18. The largest absolute Gasteiger partial charge is 0.389 e. The maximum absolute atomic E-state index is 9.47. The second-order valence-electron chi connectivity index (χ2n) is 3.95. The number of nitrogens with two attached hydrogens (primary N) is 1. The number of aliphatic hydroxyl groups is 1. The first kappa shape index (κ1) is 9.96. The normalized spacial score (nSPS) is 45.0. The summed E-state index contributed by atoms with van der Waals surface area (Å²) in [6, 6.07) is -0.118. The molecule has 3 nitrogen and oxygen atoms in total. The van der Waals surface area contributed by atoms with Crippen LogP contribution in [0.25, 0.3) is 0 Å². The lowest BCUT2D eigenvalue weighted by atomic mass is 9.93. The van der Waals surface area contributed by atoms with Crippen LogP contribution in [-0.4, -0.2) is 30.0 Å². The minimum atomic E-state index is -0.491.